The van der Waals surface area contributed by atoms with Gasteiger partial charge in [-0.3, -0.25) is 4.99 Å². The molecule has 2 aliphatic rings. The number of thioether (sulfide) groups is 1. The Balaban J connectivity index is 1.77. The summed E-state index contributed by atoms with van der Waals surface area (Å²) in [7, 11) is 0. The third-order valence-electron chi connectivity index (χ3n) is 3.06. The van der Waals surface area contributed by atoms with Crippen molar-refractivity contribution in [2.45, 2.75) is 44.6 Å². The van der Waals surface area contributed by atoms with Gasteiger partial charge in [-0.15, -0.1) is 0 Å². The highest BCUT2D eigenvalue weighted by molar-refractivity contribution is 8.14. The number of rotatable bonds is 2. The van der Waals surface area contributed by atoms with Gasteiger partial charge in [0.15, 0.2) is 5.17 Å². The summed E-state index contributed by atoms with van der Waals surface area (Å²) >= 11 is 1.72. The summed E-state index contributed by atoms with van der Waals surface area (Å²) in [4.78, 5) is 4.44. The largest absolute Gasteiger partial charge is 0.379 e. The van der Waals surface area contributed by atoms with Crippen LogP contribution >= 0.6 is 11.8 Å². The van der Waals surface area contributed by atoms with E-state index in [1.807, 2.05) is 0 Å². The molecule has 2 N–H and O–H groups in total. The summed E-state index contributed by atoms with van der Waals surface area (Å²) in [5.41, 5.74) is 5.64. The molecule has 0 radical (unpaired) electrons. The predicted molar refractivity (Wildman–Crippen MR) is 59.1 cm³/mol. The Hall–Kier alpha value is -0.180. The van der Waals surface area contributed by atoms with Gasteiger partial charge < -0.3 is 5.73 Å². The van der Waals surface area contributed by atoms with Crippen LogP contribution in [0.15, 0.2) is 4.99 Å². The molecule has 0 aromatic heterocycles. The standard InChI is InChI=1S/C10H18N2S/c11-10-12-9(7-13-10)6-8-4-2-1-3-5-8/h8-9H,1-7H2,(H2,11,12)/t9-/m1/s1. The summed E-state index contributed by atoms with van der Waals surface area (Å²) in [6.45, 7) is 0. The van der Waals surface area contributed by atoms with Gasteiger partial charge in [-0.1, -0.05) is 43.9 Å². The van der Waals surface area contributed by atoms with Crippen molar-refractivity contribution in [2.24, 2.45) is 16.6 Å². The molecule has 0 amide bonds. The van der Waals surface area contributed by atoms with E-state index in [-0.39, 0.29) is 0 Å². The van der Waals surface area contributed by atoms with E-state index in [0.29, 0.717) is 6.04 Å². The quantitative estimate of drug-likeness (QED) is 0.740. The van der Waals surface area contributed by atoms with Crippen LogP contribution in [0, 0.1) is 5.92 Å². The van der Waals surface area contributed by atoms with Crippen molar-refractivity contribution >= 4 is 16.9 Å². The molecule has 0 aromatic carbocycles. The number of aliphatic imine (C=N–C) groups is 1. The van der Waals surface area contributed by atoms with Gasteiger partial charge >= 0.3 is 0 Å². The van der Waals surface area contributed by atoms with Gasteiger partial charge in [0.05, 0.1) is 6.04 Å². The van der Waals surface area contributed by atoms with Gasteiger partial charge in [0.2, 0.25) is 0 Å². The SMILES string of the molecule is NC1=N[C@H](CC2CCCCC2)CS1. The highest BCUT2D eigenvalue weighted by Gasteiger charge is 2.22. The Labute approximate surface area is 84.4 Å². The van der Waals surface area contributed by atoms with E-state index in [1.165, 1.54) is 38.5 Å². The van der Waals surface area contributed by atoms with Gasteiger partial charge in [-0.05, 0) is 12.3 Å². The third kappa shape index (κ3) is 2.63. The average molecular weight is 198 g/mol. The van der Waals surface area contributed by atoms with Crippen molar-refractivity contribution in [2.75, 3.05) is 5.75 Å². The minimum Gasteiger partial charge on any atom is -0.379 e. The van der Waals surface area contributed by atoms with E-state index < -0.39 is 0 Å². The summed E-state index contributed by atoms with van der Waals surface area (Å²) in [6.07, 6.45) is 8.45. The molecule has 1 fully saturated rings. The number of amidine groups is 1. The van der Waals surface area contributed by atoms with Crippen LogP contribution in [0.5, 0.6) is 0 Å². The maximum absolute atomic E-state index is 5.64. The monoisotopic (exact) mass is 198 g/mol. The molecular weight excluding hydrogens is 180 g/mol. The maximum Gasteiger partial charge on any atom is 0.154 e. The van der Waals surface area contributed by atoms with Gasteiger partial charge in [0.25, 0.3) is 0 Å². The first-order valence-corrected chi connectivity index (χ1v) is 6.29. The molecule has 1 heterocycles. The number of nitrogens with two attached hydrogens (primary N) is 1. The molecule has 0 spiro atoms. The van der Waals surface area contributed by atoms with E-state index in [2.05, 4.69) is 4.99 Å². The molecule has 0 unspecified atom stereocenters. The smallest absolute Gasteiger partial charge is 0.154 e. The molecule has 1 aliphatic carbocycles. The van der Waals surface area contributed by atoms with E-state index in [0.717, 1.165) is 16.8 Å². The van der Waals surface area contributed by atoms with Crippen LogP contribution in [-0.4, -0.2) is 17.0 Å². The van der Waals surface area contributed by atoms with Crippen LogP contribution in [0.25, 0.3) is 0 Å². The average Bonchev–Trinajstić information content (AvgIpc) is 2.53. The van der Waals surface area contributed by atoms with Crippen molar-refractivity contribution in [3.63, 3.8) is 0 Å². The van der Waals surface area contributed by atoms with E-state index in [1.54, 1.807) is 11.8 Å². The van der Waals surface area contributed by atoms with Crippen molar-refractivity contribution in [1.82, 2.24) is 0 Å². The first-order valence-electron chi connectivity index (χ1n) is 5.30. The second-order valence-electron chi connectivity index (χ2n) is 4.17. The Kier molecular flexibility index (Phi) is 3.14. The lowest BCUT2D eigenvalue weighted by molar-refractivity contribution is 0.325. The summed E-state index contributed by atoms with van der Waals surface area (Å²) in [5.74, 6) is 2.07. The fraction of sp³-hybridized carbons (Fsp3) is 0.900. The second-order valence-corrected chi connectivity index (χ2v) is 5.21. The number of nitrogens with zero attached hydrogens (tertiary/aromatic N) is 1. The minimum atomic E-state index is 0.535. The summed E-state index contributed by atoms with van der Waals surface area (Å²) < 4.78 is 0. The molecule has 0 aromatic rings. The second kappa shape index (κ2) is 4.36. The normalized spacial score (nSPS) is 30.5. The molecule has 74 valence electrons. The van der Waals surface area contributed by atoms with Gasteiger partial charge in [-0.25, -0.2) is 0 Å². The fourth-order valence-corrected chi connectivity index (χ4v) is 3.16. The lowest BCUT2D eigenvalue weighted by Crippen LogP contribution is -2.15. The Morgan fingerprint density at radius 3 is 2.69 bits per heavy atom. The van der Waals surface area contributed by atoms with Crippen molar-refractivity contribution < 1.29 is 0 Å². The lowest BCUT2D eigenvalue weighted by atomic mass is 9.85. The van der Waals surface area contributed by atoms with Crippen LogP contribution in [0.2, 0.25) is 0 Å². The zero-order valence-electron chi connectivity index (χ0n) is 8.04. The molecule has 3 heteroatoms. The molecule has 1 aliphatic heterocycles. The van der Waals surface area contributed by atoms with E-state index >= 15 is 0 Å². The Morgan fingerprint density at radius 1 is 1.31 bits per heavy atom. The zero-order chi connectivity index (χ0) is 9.10. The third-order valence-corrected chi connectivity index (χ3v) is 4.02. The van der Waals surface area contributed by atoms with E-state index in [9.17, 15) is 0 Å². The topological polar surface area (TPSA) is 38.4 Å². The van der Waals surface area contributed by atoms with Crippen LogP contribution < -0.4 is 5.73 Å². The Morgan fingerprint density at radius 2 is 2.08 bits per heavy atom. The van der Waals surface area contributed by atoms with Crippen LogP contribution in [0.3, 0.4) is 0 Å². The molecule has 2 nitrogen and oxygen atoms in total. The van der Waals surface area contributed by atoms with Crippen molar-refractivity contribution in [1.29, 1.82) is 0 Å². The van der Waals surface area contributed by atoms with E-state index in [4.69, 9.17) is 5.73 Å². The molecule has 1 saturated carbocycles. The highest BCUT2D eigenvalue weighted by atomic mass is 32.2. The van der Waals surface area contributed by atoms with Gasteiger partial charge in [0.1, 0.15) is 0 Å². The molecule has 0 bridgehead atoms. The fourth-order valence-electron chi connectivity index (χ4n) is 2.36. The molecule has 13 heavy (non-hydrogen) atoms. The lowest BCUT2D eigenvalue weighted by Gasteiger charge is -2.22. The molecular formula is C10H18N2S. The number of hydrogen-bond acceptors (Lipinski definition) is 3. The van der Waals surface area contributed by atoms with Crippen molar-refractivity contribution in [3.05, 3.63) is 0 Å². The predicted octanol–water partition coefficient (Wildman–Crippen LogP) is 2.39. The van der Waals surface area contributed by atoms with Gasteiger partial charge in [-0.2, -0.15) is 0 Å². The summed E-state index contributed by atoms with van der Waals surface area (Å²) in [5, 5.41) is 0.806. The highest BCUT2D eigenvalue weighted by Crippen LogP contribution is 2.30. The minimum absolute atomic E-state index is 0.535. The molecule has 0 saturated heterocycles. The van der Waals surface area contributed by atoms with Crippen molar-refractivity contribution in [3.8, 4) is 0 Å². The molecule has 2 rings (SSSR count). The first-order chi connectivity index (χ1) is 6.34. The molecule has 1 atom stereocenters. The van der Waals surface area contributed by atoms with Crippen LogP contribution in [0.4, 0.5) is 0 Å². The van der Waals surface area contributed by atoms with Crippen LogP contribution in [-0.2, 0) is 0 Å². The maximum atomic E-state index is 5.64. The first kappa shape index (κ1) is 9.38. The van der Waals surface area contributed by atoms with Gasteiger partial charge in [0, 0.05) is 5.75 Å². The zero-order valence-corrected chi connectivity index (χ0v) is 8.85. The van der Waals surface area contributed by atoms with Crippen LogP contribution in [0.1, 0.15) is 38.5 Å². The summed E-state index contributed by atoms with van der Waals surface area (Å²) in [6, 6.07) is 0.535. The Bertz CT molecular complexity index is 197. The number of hydrogen-bond donors (Lipinski definition) is 1.